The first-order chi connectivity index (χ1) is 13.4. The van der Waals surface area contributed by atoms with Crippen molar-refractivity contribution in [2.24, 2.45) is 11.7 Å². The monoisotopic (exact) mass is 381 g/mol. The third-order valence-electron chi connectivity index (χ3n) is 4.31. The van der Waals surface area contributed by atoms with Crippen molar-refractivity contribution in [3.8, 4) is 0 Å². The van der Waals surface area contributed by atoms with Gasteiger partial charge in [0.25, 0.3) is 5.91 Å². The predicted octanol–water partition coefficient (Wildman–Crippen LogP) is 2.04. The van der Waals surface area contributed by atoms with Crippen LogP contribution >= 0.6 is 0 Å². The van der Waals surface area contributed by atoms with Gasteiger partial charge in [-0.15, -0.1) is 0 Å². The Kier molecular flexibility index (Phi) is 7.75. The molecule has 0 saturated carbocycles. The summed E-state index contributed by atoms with van der Waals surface area (Å²) in [4.78, 5) is 37.2. The van der Waals surface area contributed by atoms with Crippen molar-refractivity contribution >= 4 is 17.7 Å². The Morgan fingerprint density at radius 2 is 1.43 bits per heavy atom. The minimum absolute atomic E-state index is 0.185. The van der Waals surface area contributed by atoms with Crippen molar-refractivity contribution < 1.29 is 14.4 Å². The van der Waals surface area contributed by atoms with Crippen molar-refractivity contribution in [2.75, 3.05) is 0 Å². The van der Waals surface area contributed by atoms with E-state index in [1.807, 2.05) is 50.2 Å². The van der Waals surface area contributed by atoms with Gasteiger partial charge in [0.2, 0.25) is 11.8 Å². The molecule has 6 heteroatoms. The summed E-state index contributed by atoms with van der Waals surface area (Å²) in [6.07, 6.45) is 0.740. The van der Waals surface area contributed by atoms with Crippen LogP contribution in [0.4, 0.5) is 0 Å². The van der Waals surface area contributed by atoms with E-state index < -0.39 is 23.9 Å². The fourth-order valence-electron chi connectivity index (χ4n) is 2.88. The van der Waals surface area contributed by atoms with Crippen molar-refractivity contribution in [3.05, 3.63) is 71.8 Å². The zero-order valence-corrected chi connectivity index (χ0v) is 16.2. The summed E-state index contributed by atoms with van der Waals surface area (Å²) in [5, 5.41) is 5.47. The van der Waals surface area contributed by atoms with Crippen LogP contribution < -0.4 is 16.4 Å². The fourth-order valence-corrected chi connectivity index (χ4v) is 2.88. The van der Waals surface area contributed by atoms with Gasteiger partial charge in [-0.2, -0.15) is 0 Å². The summed E-state index contributed by atoms with van der Waals surface area (Å²) in [5.74, 6) is -1.19. The van der Waals surface area contributed by atoms with Gasteiger partial charge in [0.15, 0.2) is 0 Å². The van der Waals surface area contributed by atoms with Crippen molar-refractivity contribution in [2.45, 2.75) is 38.8 Å². The van der Waals surface area contributed by atoms with Gasteiger partial charge in [-0.3, -0.25) is 14.4 Å². The summed E-state index contributed by atoms with van der Waals surface area (Å²) in [6.45, 7) is 3.89. The number of rotatable bonds is 9. The van der Waals surface area contributed by atoms with Crippen LogP contribution in [0.5, 0.6) is 0 Å². The average Bonchev–Trinajstić information content (AvgIpc) is 2.68. The Hall–Kier alpha value is -3.15. The molecule has 0 spiro atoms. The number of carbonyl (C=O) groups excluding carboxylic acids is 3. The van der Waals surface area contributed by atoms with E-state index in [2.05, 4.69) is 10.6 Å². The molecule has 6 nitrogen and oxygen atoms in total. The molecule has 2 rings (SSSR count). The third kappa shape index (κ3) is 6.54. The van der Waals surface area contributed by atoms with Crippen LogP contribution in [-0.2, 0) is 16.0 Å². The van der Waals surface area contributed by atoms with E-state index in [0.29, 0.717) is 18.4 Å². The smallest absolute Gasteiger partial charge is 0.251 e. The largest absolute Gasteiger partial charge is 0.368 e. The number of carbonyl (C=O) groups is 3. The zero-order chi connectivity index (χ0) is 20.5. The highest BCUT2D eigenvalue weighted by atomic mass is 16.2. The summed E-state index contributed by atoms with van der Waals surface area (Å²) >= 11 is 0. The fraction of sp³-hybridized carbons (Fsp3) is 0.318. The van der Waals surface area contributed by atoms with Gasteiger partial charge in [0.1, 0.15) is 12.1 Å². The standard InChI is InChI=1S/C22H27N3O3/c1-15(2)13-18(20(23)26)24-22(28)19(14-16-9-5-3-6-10-16)25-21(27)17-11-7-4-8-12-17/h3-12,15,18-19H,13-14H2,1-2H3,(H2,23,26)(H,24,28)(H,25,27)/t18?,19-/m0/s1. The minimum atomic E-state index is -0.830. The third-order valence-corrected chi connectivity index (χ3v) is 4.31. The lowest BCUT2D eigenvalue weighted by Gasteiger charge is -2.23. The molecular formula is C22H27N3O3. The first-order valence-corrected chi connectivity index (χ1v) is 9.36. The highest BCUT2D eigenvalue weighted by Crippen LogP contribution is 2.08. The Balaban J connectivity index is 2.17. The highest BCUT2D eigenvalue weighted by molar-refractivity contribution is 5.98. The second-order valence-corrected chi connectivity index (χ2v) is 7.17. The van der Waals surface area contributed by atoms with E-state index in [1.165, 1.54) is 0 Å². The van der Waals surface area contributed by atoms with Crippen LogP contribution in [0.25, 0.3) is 0 Å². The molecule has 0 radical (unpaired) electrons. The van der Waals surface area contributed by atoms with Crippen molar-refractivity contribution in [1.82, 2.24) is 10.6 Å². The van der Waals surface area contributed by atoms with Gasteiger partial charge < -0.3 is 16.4 Å². The zero-order valence-electron chi connectivity index (χ0n) is 16.2. The molecule has 28 heavy (non-hydrogen) atoms. The molecule has 0 aliphatic rings. The topological polar surface area (TPSA) is 101 Å². The Morgan fingerprint density at radius 1 is 0.857 bits per heavy atom. The van der Waals surface area contributed by atoms with Crippen LogP contribution in [0.15, 0.2) is 60.7 Å². The molecule has 3 amide bonds. The maximum Gasteiger partial charge on any atom is 0.251 e. The number of nitrogens with one attached hydrogen (secondary N) is 2. The Labute approximate surface area is 165 Å². The number of hydrogen-bond donors (Lipinski definition) is 3. The summed E-state index contributed by atoms with van der Waals surface area (Å²) in [5.41, 5.74) is 6.80. The van der Waals surface area contributed by atoms with E-state index in [-0.39, 0.29) is 11.8 Å². The SMILES string of the molecule is CC(C)CC(NC(=O)[C@H](Cc1ccccc1)NC(=O)c1ccccc1)C(N)=O. The lowest BCUT2D eigenvalue weighted by Crippen LogP contribution is -2.54. The van der Waals surface area contributed by atoms with Gasteiger partial charge in [-0.1, -0.05) is 62.4 Å². The number of primary amides is 1. The number of nitrogens with two attached hydrogens (primary N) is 1. The molecule has 0 saturated heterocycles. The number of hydrogen-bond acceptors (Lipinski definition) is 3. The summed E-state index contributed by atoms with van der Waals surface area (Å²) in [6, 6.07) is 16.5. The minimum Gasteiger partial charge on any atom is -0.368 e. The predicted molar refractivity (Wildman–Crippen MR) is 108 cm³/mol. The molecule has 0 aliphatic heterocycles. The number of amides is 3. The van der Waals surface area contributed by atoms with E-state index in [0.717, 1.165) is 5.56 Å². The maximum atomic E-state index is 12.9. The molecule has 1 unspecified atom stereocenters. The Morgan fingerprint density at radius 3 is 1.96 bits per heavy atom. The van der Waals surface area contributed by atoms with Crippen LogP contribution in [-0.4, -0.2) is 29.8 Å². The van der Waals surface area contributed by atoms with Gasteiger partial charge >= 0.3 is 0 Å². The molecule has 4 N–H and O–H groups in total. The van der Waals surface area contributed by atoms with E-state index >= 15 is 0 Å². The van der Waals surface area contributed by atoms with Gasteiger partial charge in [-0.05, 0) is 30.0 Å². The molecule has 0 aromatic heterocycles. The van der Waals surface area contributed by atoms with E-state index in [4.69, 9.17) is 5.73 Å². The van der Waals surface area contributed by atoms with Crippen molar-refractivity contribution in [3.63, 3.8) is 0 Å². The molecule has 0 fully saturated rings. The first kappa shape index (κ1) is 21.2. The molecule has 2 atom stereocenters. The van der Waals surface area contributed by atoms with Gasteiger partial charge in [0, 0.05) is 12.0 Å². The lowest BCUT2D eigenvalue weighted by atomic mass is 10.0. The normalized spacial score (nSPS) is 12.8. The summed E-state index contributed by atoms with van der Waals surface area (Å²) in [7, 11) is 0. The number of benzene rings is 2. The van der Waals surface area contributed by atoms with Crippen molar-refractivity contribution in [1.29, 1.82) is 0 Å². The van der Waals surface area contributed by atoms with E-state index in [1.54, 1.807) is 24.3 Å². The molecule has 0 aliphatic carbocycles. The molecule has 0 heterocycles. The molecular weight excluding hydrogens is 354 g/mol. The molecule has 0 bridgehead atoms. The van der Waals surface area contributed by atoms with Crippen LogP contribution in [0, 0.1) is 5.92 Å². The lowest BCUT2D eigenvalue weighted by molar-refractivity contribution is -0.128. The summed E-state index contributed by atoms with van der Waals surface area (Å²) < 4.78 is 0. The second kappa shape index (κ2) is 10.3. The van der Waals surface area contributed by atoms with Crippen LogP contribution in [0.2, 0.25) is 0 Å². The molecule has 148 valence electrons. The van der Waals surface area contributed by atoms with Crippen LogP contribution in [0.3, 0.4) is 0 Å². The molecule has 2 aromatic rings. The van der Waals surface area contributed by atoms with E-state index in [9.17, 15) is 14.4 Å². The average molecular weight is 381 g/mol. The highest BCUT2D eigenvalue weighted by Gasteiger charge is 2.26. The second-order valence-electron chi connectivity index (χ2n) is 7.17. The maximum absolute atomic E-state index is 12.9. The molecule has 2 aromatic carbocycles. The van der Waals surface area contributed by atoms with Gasteiger partial charge in [0.05, 0.1) is 0 Å². The first-order valence-electron chi connectivity index (χ1n) is 9.36. The Bertz CT molecular complexity index is 791. The quantitative estimate of drug-likeness (QED) is 0.619. The van der Waals surface area contributed by atoms with Gasteiger partial charge in [-0.25, -0.2) is 0 Å². The van der Waals surface area contributed by atoms with Crippen LogP contribution in [0.1, 0.15) is 36.2 Å².